The topological polar surface area (TPSA) is 81.6 Å². The summed E-state index contributed by atoms with van der Waals surface area (Å²) in [5.74, 6) is -0.134. The number of rotatable bonds is 4. The molecule has 1 atom stereocenters. The molecule has 5 heteroatoms. The fourth-order valence-electron chi connectivity index (χ4n) is 1.36. The van der Waals surface area contributed by atoms with Crippen molar-refractivity contribution in [2.24, 2.45) is 0 Å². The summed E-state index contributed by atoms with van der Waals surface area (Å²) in [5, 5.41) is 23.0. The molecule has 0 aromatic heterocycles. The summed E-state index contributed by atoms with van der Waals surface area (Å²) in [7, 11) is 0. The van der Waals surface area contributed by atoms with Crippen LogP contribution in [0.15, 0.2) is 0 Å². The molecular formula is C8H16N2O3. The average molecular weight is 188 g/mol. The standard InChI is InChI=1S/C8H16N2O3/c11-4-6(5-12)10-8(13)7-2-1-3-9-7/h6-7,9,11-12H,1-5H2,(H,10,13). The Morgan fingerprint density at radius 2 is 2.23 bits per heavy atom. The number of hydrogen-bond donors (Lipinski definition) is 4. The molecule has 4 N–H and O–H groups in total. The lowest BCUT2D eigenvalue weighted by Gasteiger charge is -2.16. The summed E-state index contributed by atoms with van der Waals surface area (Å²) in [5.41, 5.74) is 0. The van der Waals surface area contributed by atoms with Crippen molar-refractivity contribution in [3.63, 3.8) is 0 Å². The molecule has 1 aliphatic heterocycles. The Balaban J connectivity index is 2.30. The molecule has 1 unspecified atom stereocenters. The van der Waals surface area contributed by atoms with E-state index in [1.165, 1.54) is 0 Å². The van der Waals surface area contributed by atoms with Crippen molar-refractivity contribution in [2.75, 3.05) is 19.8 Å². The molecule has 76 valence electrons. The molecule has 5 nitrogen and oxygen atoms in total. The van der Waals surface area contributed by atoms with Crippen molar-refractivity contribution in [1.29, 1.82) is 0 Å². The molecule has 1 amide bonds. The normalized spacial score (nSPS) is 22.2. The molecule has 1 saturated heterocycles. The van der Waals surface area contributed by atoms with Crippen LogP contribution in [0, 0.1) is 0 Å². The molecule has 1 aliphatic rings. The highest BCUT2D eigenvalue weighted by Gasteiger charge is 2.23. The minimum Gasteiger partial charge on any atom is -0.394 e. The molecule has 0 bridgehead atoms. The maximum atomic E-state index is 11.4. The van der Waals surface area contributed by atoms with E-state index in [4.69, 9.17) is 10.2 Å². The van der Waals surface area contributed by atoms with Gasteiger partial charge in [-0.05, 0) is 19.4 Å². The highest BCUT2D eigenvalue weighted by molar-refractivity contribution is 5.82. The van der Waals surface area contributed by atoms with Crippen molar-refractivity contribution in [3.8, 4) is 0 Å². The Bertz CT molecular complexity index is 165. The van der Waals surface area contributed by atoms with Gasteiger partial charge >= 0.3 is 0 Å². The van der Waals surface area contributed by atoms with Crippen LogP contribution in [0.2, 0.25) is 0 Å². The Morgan fingerprint density at radius 1 is 1.54 bits per heavy atom. The molecule has 0 aliphatic carbocycles. The lowest BCUT2D eigenvalue weighted by Crippen LogP contribution is -2.47. The first kappa shape index (κ1) is 10.4. The van der Waals surface area contributed by atoms with Crippen molar-refractivity contribution < 1.29 is 15.0 Å². The van der Waals surface area contributed by atoms with Gasteiger partial charge in [0.1, 0.15) is 0 Å². The van der Waals surface area contributed by atoms with Gasteiger partial charge in [0.25, 0.3) is 0 Å². The predicted octanol–water partition coefficient (Wildman–Crippen LogP) is -1.79. The lowest BCUT2D eigenvalue weighted by molar-refractivity contribution is -0.124. The largest absolute Gasteiger partial charge is 0.394 e. The third-order valence-corrected chi connectivity index (χ3v) is 2.16. The van der Waals surface area contributed by atoms with E-state index in [9.17, 15) is 4.79 Å². The number of aliphatic hydroxyl groups is 2. The van der Waals surface area contributed by atoms with Crippen LogP contribution in [0.4, 0.5) is 0 Å². The molecule has 1 heterocycles. The van der Waals surface area contributed by atoms with E-state index >= 15 is 0 Å². The molecule has 1 fully saturated rings. The second-order valence-electron chi connectivity index (χ2n) is 3.22. The van der Waals surface area contributed by atoms with E-state index in [-0.39, 0.29) is 25.2 Å². The first-order valence-electron chi connectivity index (χ1n) is 4.53. The van der Waals surface area contributed by atoms with Gasteiger partial charge in [0.2, 0.25) is 5.91 Å². The van der Waals surface area contributed by atoms with Gasteiger partial charge in [-0.1, -0.05) is 0 Å². The number of aliphatic hydroxyl groups excluding tert-OH is 2. The van der Waals surface area contributed by atoms with Crippen LogP contribution in [0.25, 0.3) is 0 Å². The Hall–Kier alpha value is -0.650. The summed E-state index contributed by atoms with van der Waals surface area (Å²) in [6.07, 6.45) is 1.83. The van der Waals surface area contributed by atoms with Crippen molar-refractivity contribution in [3.05, 3.63) is 0 Å². The number of amides is 1. The van der Waals surface area contributed by atoms with Crippen LogP contribution in [0.1, 0.15) is 12.8 Å². The van der Waals surface area contributed by atoms with Crippen LogP contribution in [0.3, 0.4) is 0 Å². The van der Waals surface area contributed by atoms with E-state index in [1.807, 2.05) is 0 Å². The predicted molar refractivity (Wildman–Crippen MR) is 47.1 cm³/mol. The van der Waals surface area contributed by atoms with Crippen LogP contribution in [-0.2, 0) is 4.79 Å². The minimum absolute atomic E-state index is 0.134. The van der Waals surface area contributed by atoms with Gasteiger partial charge in [0.05, 0.1) is 25.3 Å². The molecule has 0 aromatic carbocycles. The summed E-state index contributed by atoms with van der Waals surface area (Å²) in [6, 6.07) is -0.685. The summed E-state index contributed by atoms with van der Waals surface area (Å²) < 4.78 is 0. The summed E-state index contributed by atoms with van der Waals surface area (Å²) in [4.78, 5) is 11.4. The fraction of sp³-hybridized carbons (Fsp3) is 0.875. The molecular weight excluding hydrogens is 172 g/mol. The van der Waals surface area contributed by atoms with E-state index in [2.05, 4.69) is 10.6 Å². The Morgan fingerprint density at radius 3 is 2.69 bits per heavy atom. The zero-order valence-corrected chi connectivity index (χ0v) is 7.49. The number of nitrogens with one attached hydrogen (secondary N) is 2. The lowest BCUT2D eigenvalue weighted by atomic mass is 10.2. The molecule has 0 saturated carbocycles. The van der Waals surface area contributed by atoms with Crippen LogP contribution in [0.5, 0.6) is 0 Å². The van der Waals surface area contributed by atoms with Gasteiger partial charge < -0.3 is 20.8 Å². The molecule has 0 radical (unpaired) electrons. The second kappa shape index (κ2) is 5.16. The van der Waals surface area contributed by atoms with Gasteiger partial charge in [-0.2, -0.15) is 0 Å². The van der Waals surface area contributed by atoms with Gasteiger partial charge in [-0.25, -0.2) is 0 Å². The smallest absolute Gasteiger partial charge is 0.237 e. The highest BCUT2D eigenvalue weighted by atomic mass is 16.3. The van der Waals surface area contributed by atoms with Crippen molar-refractivity contribution in [2.45, 2.75) is 24.9 Å². The molecule has 0 spiro atoms. The molecule has 13 heavy (non-hydrogen) atoms. The first-order chi connectivity index (χ1) is 6.27. The number of carbonyl (C=O) groups excluding carboxylic acids is 1. The monoisotopic (exact) mass is 188 g/mol. The first-order valence-corrected chi connectivity index (χ1v) is 4.53. The maximum Gasteiger partial charge on any atom is 0.237 e. The van der Waals surface area contributed by atoms with Crippen LogP contribution >= 0.6 is 0 Å². The third kappa shape index (κ3) is 2.95. The Labute approximate surface area is 77.1 Å². The molecule has 0 aromatic rings. The van der Waals surface area contributed by atoms with Gasteiger partial charge in [0, 0.05) is 0 Å². The third-order valence-electron chi connectivity index (χ3n) is 2.16. The van der Waals surface area contributed by atoms with Crippen LogP contribution < -0.4 is 10.6 Å². The fourth-order valence-corrected chi connectivity index (χ4v) is 1.36. The van der Waals surface area contributed by atoms with Gasteiger partial charge in [-0.3, -0.25) is 4.79 Å². The van der Waals surface area contributed by atoms with Crippen LogP contribution in [-0.4, -0.2) is 48.0 Å². The van der Waals surface area contributed by atoms with Gasteiger partial charge in [0.15, 0.2) is 0 Å². The quantitative estimate of drug-likeness (QED) is 0.420. The average Bonchev–Trinajstić information content (AvgIpc) is 2.66. The second-order valence-corrected chi connectivity index (χ2v) is 3.22. The van der Waals surface area contributed by atoms with Crippen molar-refractivity contribution in [1.82, 2.24) is 10.6 Å². The highest BCUT2D eigenvalue weighted by Crippen LogP contribution is 2.04. The summed E-state index contributed by atoms with van der Waals surface area (Å²) in [6.45, 7) is 0.408. The van der Waals surface area contributed by atoms with Crippen molar-refractivity contribution >= 4 is 5.91 Å². The Kier molecular flexibility index (Phi) is 4.14. The maximum absolute atomic E-state index is 11.4. The van der Waals surface area contributed by atoms with E-state index in [1.54, 1.807) is 0 Å². The number of carbonyl (C=O) groups is 1. The van der Waals surface area contributed by atoms with E-state index < -0.39 is 6.04 Å². The summed E-state index contributed by atoms with van der Waals surface area (Å²) >= 11 is 0. The zero-order chi connectivity index (χ0) is 9.68. The minimum atomic E-state index is -0.533. The van der Waals surface area contributed by atoms with Gasteiger partial charge in [-0.15, -0.1) is 0 Å². The SMILES string of the molecule is O=C(NC(CO)CO)C1CCCN1. The molecule has 1 rings (SSSR count). The van der Waals surface area contributed by atoms with E-state index in [0.717, 1.165) is 19.4 Å². The zero-order valence-electron chi connectivity index (χ0n) is 7.49. The number of hydrogen-bond acceptors (Lipinski definition) is 4. The van der Waals surface area contributed by atoms with E-state index in [0.29, 0.717) is 0 Å².